The molecule has 1 aromatic rings. The van der Waals surface area contributed by atoms with Crippen molar-refractivity contribution in [2.24, 2.45) is 5.92 Å². The fraction of sp³-hybridized carbons (Fsp3) is 0.500. The molecule has 0 spiro atoms. The molecule has 0 amide bonds. The number of methoxy groups -OCH3 is 1. The van der Waals surface area contributed by atoms with E-state index in [2.05, 4.69) is 11.4 Å². The van der Waals surface area contributed by atoms with Crippen LogP contribution in [-0.2, 0) is 0 Å². The van der Waals surface area contributed by atoms with Crippen molar-refractivity contribution in [3.63, 3.8) is 0 Å². The van der Waals surface area contributed by atoms with Gasteiger partial charge in [-0.15, -0.1) is 0 Å². The standard InChI is InChI=1S/C14H20N2O2/c1-11(10-17)4-3-7-16-14-8-13(18-2)6-5-12(14)9-15/h5-6,8,11,16-17H,3-4,7,10H2,1-2H3. The number of rotatable bonds is 7. The van der Waals surface area contributed by atoms with Gasteiger partial charge in [0, 0.05) is 19.2 Å². The van der Waals surface area contributed by atoms with Crippen LogP contribution in [0.5, 0.6) is 5.75 Å². The van der Waals surface area contributed by atoms with Gasteiger partial charge in [-0.05, 0) is 30.9 Å². The molecule has 4 heteroatoms. The highest BCUT2D eigenvalue weighted by atomic mass is 16.5. The van der Waals surface area contributed by atoms with Crippen molar-refractivity contribution in [3.05, 3.63) is 23.8 Å². The number of anilines is 1. The molecule has 0 bridgehead atoms. The lowest BCUT2D eigenvalue weighted by Gasteiger charge is -2.11. The summed E-state index contributed by atoms with van der Waals surface area (Å²) in [7, 11) is 1.61. The summed E-state index contributed by atoms with van der Waals surface area (Å²) >= 11 is 0. The molecule has 0 fully saturated rings. The van der Waals surface area contributed by atoms with Crippen LogP contribution in [0.2, 0.25) is 0 Å². The molecular formula is C14H20N2O2. The van der Waals surface area contributed by atoms with Crippen molar-refractivity contribution in [2.45, 2.75) is 19.8 Å². The van der Waals surface area contributed by atoms with Crippen molar-refractivity contribution in [1.29, 1.82) is 5.26 Å². The van der Waals surface area contributed by atoms with Crippen molar-refractivity contribution in [1.82, 2.24) is 0 Å². The van der Waals surface area contributed by atoms with E-state index in [9.17, 15) is 0 Å². The second-order valence-corrected chi connectivity index (χ2v) is 4.38. The summed E-state index contributed by atoms with van der Waals surface area (Å²) in [6.45, 7) is 3.03. The smallest absolute Gasteiger partial charge is 0.121 e. The maximum atomic E-state index is 9.00. The van der Waals surface area contributed by atoms with Crippen LogP contribution in [0.1, 0.15) is 25.3 Å². The van der Waals surface area contributed by atoms with Gasteiger partial charge in [0.25, 0.3) is 0 Å². The summed E-state index contributed by atoms with van der Waals surface area (Å²) in [6.07, 6.45) is 1.93. The average molecular weight is 248 g/mol. The van der Waals surface area contributed by atoms with E-state index in [1.54, 1.807) is 19.2 Å². The van der Waals surface area contributed by atoms with Crippen LogP contribution >= 0.6 is 0 Å². The molecule has 4 nitrogen and oxygen atoms in total. The van der Waals surface area contributed by atoms with Crippen molar-refractivity contribution >= 4 is 5.69 Å². The molecule has 98 valence electrons. The Bertz CT molecular complexity index is 413. The van der Waals surface area contributed by atoms with Crippen LogP contribution in [-0.4, -0.2) is 25.4 Å². The third-order valence-electron chi connectivity index (χ3n) is 2.85. The van der Waals surface area contributed by atoms with Crippen LogP contribution in [0, 0.1) is 17.2 Å². The lowest BCUT2D eigenvalue weighted by Crippen LogP contribution is -2.07. The summed E-state index contributed by atoms with van der Waals surface area (Å²) < 4.78 is 5.13. The summed E-state index contributed by atoms with van der Waals surface area (Å²) in [5.74, 6) is 1.06. The van der Waals surface area contributed by atoms with E-state index >= 15 is 0 Å². The maximum Gasteiger partial charge on any atom is 0.121 e. The van der Waals surface area contributed by atoms with E-state index in [0.29, 0.717) is 11.5 Å². The average Bonchev–Trinajstić information content (AvgIpc) is 2.42. The summed E-state index contributed by atoms with van der Waals surface area (Å²) in [4.78, 5) is 0. The Hall–Kier alpha value is -1.73. The number of aliphatic hydroxyl groups excluding tert-OH is 1. The molecule has 0 aromatic heterocycles. The molecule has 0 aliphatic heterocycles. The first kappa shape index (κ1) is 14.3. The zero-order valence-electron chi connectivity index (χ0n) is 10.9. The molecule has 0 aliphatic carbocycles. The largest absolute Gasteiger partial charge is 0.497 e. The fourth-order valence-corrected chi connectivity index (χ4v) is 1.66. The molecule has 0 saturated heterocycles. The number of nitrogens with zero attached hydrogens (tertiary/aromatic N) is 1. The van der Waals surface area contributed by atoms with E-state index < -0.39 is 0 Å². The van der Waals surface area contributed by atoms with Gasteiger partial charge in [0.1, 0.15) is 11.8 Å². The minimum absolute atomic E-state index is 0.225. The highest BCUT2D eigenvalue weighted by molar-refractivity contribution is 5.60. The lowest BCUT2D eigenvalue weighted by atomic mass is 10.1. The normalized spacial score (nSPS) is 11.7. The van der Waals surface area contributed by atoms with Gasteiger partial charge in [-0.2, -0.15) is 5.26 Å². The lowest BCUT2D eigenvalue weighted by molar-refractivity contribution is 0.229. The molecule has 1 unspecified atom stereocenters. The van der Waals surface area contributed by atoms with Crippen LogP contribution in [0.15, 0.2) is 18.2 Å². The molecule has 0 radical (unpaired) electrons. The van der Waals surface area contributed by atoms with Gasteiger partial charge in [-0.25, -0.2) is 0 Å². The van der Waals surface area contributed by atoms with Crippen LogP contribution in [0.4, 0.5) is 5.69 Å². The number of ether oxygens (including phenoxy) is 1. The molecular weight excluding hydrogens is 228 g/mol. The third-order valence-corrected chi connectivity index (χ3v) is 2.85. The van der Waals surface area contributed by atoms with Crippen molar-refractivity contribution < 1.29 is 9.84 Å². The summed E-state index contributed by atoms with van der Waals surface area (Å²) in [6, 6.07) is 7.50. The highest BCUT2D eigenvalue weighted by Crippen LogP contribution is 2.22. The van der Waals surface area contributed by atoms with E-state index in [1.807, 2.05) is 13.0 Å². The van der Waals surface area contributed by atoms with Gasteiger partial charge in [0.05, 0.1) is 18.4 Å². The molecule has 18 heavy (non-hydrogen) atoms. The monoisotopic (exact) mass is 248 g/mol. The second kappa shape index (κ2) is 7.57. The number of nitriles is 1. The van der Waals surface area contributed by atoms with Gasteiger partial charge >= 0.3 is 0 Å². The first-order valence-corrected chi connectivity index (χ1v) is 6.14. The predicted octanol–water partition coefficient (Wildman–Crippen LogP) is 2.39. The Morgan fingerprint density at radius 1 is 1.50 bits per heavy atom. The Labute approximate surface area is 108 Å². The third kappa shape index (κ3) is 4.27. The molecule has 0 saturated carbocycles. The minimum Gasteiger partial charge on any atom is -0.497 e. The quantitative estimate of drug-likeness (QED) is 0.727. The molecule has 1 aromatic carbocycles. The van der Waals surface area contributed by atoms with Gasteiger partial charge in [0.2, 0.25) is 0 Å². The zero-order valence-corrected chi connectivity index (χ0v) is 10.9. The predicted molar refractivity (Wildman–Crippen MR) is 71.7 cm³/mol. The van der Waals surface area contributed by atoms with E-state index in [1.165, 1.54) is 0 Å². The Morgan fingerprint density at radius 3 is 2.89 bits per heavy atom. The summed E-state index contributed by atoms with van der Waals surface area (Å²) in [5.41, 5.74) is 1.42. The molecule has 0 aliphatic rings. The van der Waals surface area contributed by atoms with Gasteiger partial charge < -0.3 is 15.2 Å². The van der Waals surface area contributed by atoms with Crippen molar-refractivity contribution in [3.8, 4) is 11.8 Å². The van der Waals surface area contributed by atoms with E-state index in [-0.39, 0.29) is 6.61 Å². The minimum atomic E-state index is 0.225. The number of nitrogens with one attached hydrogen (secondary N) is 1. The summed E-state index contributed by atoms with van der Waals surface area (Å²) in [5, 5.41) is 21.2. The van der Waals surface area contributed by atoms with Crippen LogP contribution in [0.25, 0.3) is 0 Å². The SMILES string of the molecule is COc1ccc(C#N)c(NCCCC(C)CO)c1. The van der Waals surface area contributed by atoms with Gasteiger partial charge in [-0.3, -0.25) is 0 Å². The maximum absolute atomic E-state index is 9.00. The Kier molecular flexibility index (Phi) is 6.03. The topological polar surface area (TPSA) is 65.3 Å². The van der Waals surface area contributed by atoms with E-state index in [4.69, 9.17) is 15.1 Å². The Balaban J connectivity index is 2.53. The number of hydrogen-bond acceptors (Lipinski definition) is 4. The van der Waals surface area contributed by atoms with Crippen LogP contribution < -0.4 is 10.1 Å². The molecule has 0 heterocycles. The first-order valence-electron chi connectivity index (χ1n) is 6.14. The molecule has 1 atom stereocenters. The van der Waals surface area contributed by atoms with Crippen LogP contribution in [0.3, 0.4) is 0 Å². The zero-order chi connectivity index (χ0) is 13.4. The van der Waals surface area contributed by atoms with Gasteiger partial charge in [0.15, 0.2) is 0 Å². The first-order chi connectivity index (χ1) is 8.71. The second-order valence-electron chi connectivity index (χ2n) is 4.38. The van der Waals surface area contributed by atoms with Crippen molar-refractivity contribution in [2.75, 3.05) is 25.6 Å². The highest BCUT2D eigenvalue weighted by Gasteiger charge is 2.04. The Morgan fingerprint density at radius 2 is 2.28 bits per heavy atom. The number of benzene rings is 1. The fourth-order valence-electron chi connectivity index (χ4n) is 1.66. The number of hydrogen-bond donors (Lipinski definition) is 2. The van der Waals surface area contributed by atoms with E-state index in [0.717, 1.165) is 30.8 Å². The van der Waals surface area contributed by atoms with Gasteiger partial charge in [-0.1, -0.05) is 6.92 Å². The molecule has 1 rings (SSSR count). The molecule has 2 N–H and O–H groups in total. The number of aliphatic hydroxyl groups is 1.